The molecule has 19 heavy (non-hydrogen) atoms. The first-order valence-corrected chi connectivity index (χ1v) is 6.45. The molecular formula is C15H16O4. The number of carbonyl (C=O) groups excluding carboxylic acids is 2. The van der Waals surface area contributed by atoms with Crippen LogP contribution in [0.15, 0.2) is 35.6 Å². The Morgan fingerprint density at radius 1 is 1.26 bits per heavy atom. The number of esters is 1. The fraction of sp³-hybridized carbons (Fsp3) is 0.467. The van der Waals surface area contributed by atoms with Gasteiger partial charge in [0.2, 0.25) is 0 Å². The number of hydrogen-bond acceptors (Lipinski definition) is 4. The molecule has 3 aliphatic rings. The Morgan fingerprint density at radius 2 is 1.95 bits per heavy atom. The number of rotatable bonds is 0. The van der Waals surface area contributed by atoms with Gasteiger partial charge in [0.05, 0.1) is 17.9 Å². The second-order valence-corrected chi connectivity index (χ2v) is 5.58. The van der Waals surface area contributed by atoms with Gasteiger partial charge in [0.15, 0.2) is 5.78 Å². The summed E-state index contributed by atoms with van der Waals surface area (Å²) in [5.41, 5.74) is 1.91. The largest absolute Gasteiger partial charge is 0.430 e. The molecule has 0 radical (unpaired) electrons. The van der Waals surface area contributed by atoms with Crippen LogP contribution in [0.3, 0.4) is 0 Å². The van der Waals surface area contributed by atoms with Crippen LogP contribution in [0.1, 0.15) is 19.8 Å². The molecule has 100 valence electrons. The summed E-state index contributed by atoms with van der Waals surface area (Å²) in [5, 5.41) is 10.3. The smallest absolute Gasteiger partial charge is 0.318 e. The summed E-state index contributed by atoms with van der Waals surface area (Å²) in [6, 6.07) is 0. The second-order valence-electron chi connectivity index (χ2n) is 5.58. The Balaban J connectivity index is 2.15. The van der Waals surface area contributed by atoms with Crippen molar-refractivity contribution in [2.24, 2.45) is 17.8 Å². The van der Waals surface area contributed by atoms with E-state index in [0.29, 0.717) is 29.7 Å². The lowest BCUT2D eigenvalue weighted by molar-refractivity contribution is -0.140. The van der Waals surface area contributed by atoms with Crippen LogP contribution in [0, 0.1) is 17.8 Å². The fourth-order valence-electron chi connectivity index (χ4n) is 3.39. The highest BCUT2D eigenvalue weighted by Crippen LogP contribution is 2.50. The maximum atomic E-state index is 11.9. The van der Waals surface area contributed by atoms with Crippen molar-refractivity contribution in [3.8, 4) is 0 Å². The quantitative estimate of drug-likeness (QED) is 0.407. The summed E-state index contributed by atoms with van der Waals surface area (Å²) in [6.45, 7) is 9.54. The van der Waals surface area contributed by atoms with Gasteiger partial charge >= 0.3 is 5.97 Å². The van der Waals surface area contributed by atoms with E-state index in [1.807, 2.05) is 0 Å². The Kier molecular flexibility index (Phi) is 2.54. The number of ketones is 1. The van der Waals surface area contributed by atoms with Crippen LogP contribution >= 0.6 is 0 Å². The minimum Gasteiger partial charge on any atom is -0.430 e. The lowest BCUT2D eigenvalue weighted by Crippen LogP contribution is -2.19. The van der Waals surface area contributed by atoms with E-state index in [1.54, 1.807) is 6.92 Å². The number of allylic oxidation sites excluding steroid dienone is 1. The number of ether oxygens (including phenoxy) is 1. The van der Waals surface area contributed by atoms with Crippen molar-refractivity contribution in [3.05, 3.63) is 35.6 Å². The molecule has 1 fully saturated rings. The molecule has 1 heterocycles. The molecule has 3 rings (SSSR count). The number of fused-ring (bicyclic) bond motifs is 2. The van der Waals surface area contributed by atoms with Crippen LogP contribution in [0.25, 0.3) is 0 Å². The summed E-state index contributed by atoms with van der Waals surface area (Å²) in [4.78, 5) is 23.6. The molecule has 0 amide bonds. The van der Waals surface area contributed by atoms with E-state index in [2.05, 4.69) is 13.2 Å². The van der Waals surface area contributed by atoms with E-state index in [4.69, 9.17) is 4.74 Å². The van der Waals surface area contributed by atoms with Crippen LogP contribution in [-0.2, 0) is 14.3 Å². The predicted octanol–water partition coefficient (Wildman–Crippen LogP) is 1.52. The van der Waals surface area contributed by atoms with Crippen molar-refractivity contribution in [1.82, 2.24) is 0 Å². The predicted molar refractivity (Wildman–Crippen MR) is 67.8 cm³/mol. The van der Waals surface area contributed by atoms with Gasteiger partial charge in [-0.25, -0.2) is 0 Å². The summed E-state index contributed by atoms with van der Waals surface area (Å²) in [5.74, 6) is -0.789. The first-order valence-electron chi connectivity index (χ1n) is 6.45. The first kappa shape index (κ1) is 12.4. The van der Waals surface area contributed by atoms with Crippen LogP contribution in [0.4, 0.5) is 0 Å². The average Bonchev–Trinajstić information content (AvgIpc) is 2.75. The van der Waals surface area contributed by atoms with E-state index in [1.165, 1.54) is 0 Å². The maximum Gasteiger partial charge on any atom is 0.318 e. The highest BCUT2D eigenvalue weighted by atomic mass is 16.5. The Morgan fingerprint density at radius 3 is 2.63 bits per heavy atom. The Hall–Kier alpha value is -1.68. The minimum atomic E-state index is -0.752. The number of Topliss-reactive ketones (excluding diaryl/α,β-unsaturated/α-hetero) is 1. The molecule has 2 aliphatic carbocycles. The van der Waals surface area contributed by atoms with Gasteiger partial charge in [0.1, 0.15) is 5.76 Å². The summed E-state index contributed by atoms with van der Waals surface area (Å²) in [7, 11) is 0. The van der Waals surface area contributed by atoms with Crippen molar-refractivity contribution < 1.29 is 19.4 Å². The third-order valence-electron chi connectivity index (χ3n) is 4.48. The number of aliphatic hydroxyl groups excluding tert-OH is 1. The minimum absolute atomic E-state index is 0.00464. The summed E-state index contributed by atoms with van der Waals surface area (Å²) in [6.07, 6.45) is -0.0308. The van der Waals surface area contributed by atoms with E-state index in [-0.39, 0.29) is 23.6 Å². The summed E-state index contributed by atoms with van der Waals surface area (Å²) >= 11 is 0. The van der Waals surface area contributed by atoms with Crippen molar-refractivity contribution in [1.29, 1.82) is 0 Å². The van der Waals surface area contributed by atoms with Gasteiger partial charge in [-0.1, -0.05) is 18.7 Å². The first-order chi connectivity index (χ1) is 8.91. The molecule has 1 saturated carbocycles. The van der Waals surface area contributed by atoms with Crippen LogP contribution in [0.2, 0.25) is 0 Å². The molecule has 0 saturated heterocycles. The molecule has 1 N–H and O–H groups in total. The third-order valence-corrected chi connectivity index (χ3v) is 4.48. The molecule has 0 spiro atoms. The van der Waals surface area contributed by atoms with Crippen molar-refractivity contribution in [3.63, 3.8) is 0 Å². The van der Waals surface area contributed by atoms with Gasteiger partial charge in [-0.3, -0.25) is 9.59 Å². The van der Waals surface area contributed by atoms with E-state index >= 15 is 0 Å². The molecule has 1 aliphatic heterocycles. The van der Waals surface area contributed by atoms with Crippen molar-refractivity contribution in [2.45, 2.75) is 25.9 Å². The maximum absolute atomic E-state index is 11.9. The monoisotopic (exact) mass is 260 g/mol. The molecule has 4 unspecified atom stereocenters. The Bertz CT molecular complexity index is 554. The van der Waals surface area contributed by atoms with Crippen LogP contribution in [0.5, 0.6) is 0 Å². The number of hydrogen-bond donors (Lipinski definition) is 1. The van der Waals surface area contributed by atoms with E-state index in [9.17, 15) is 14.7 Å². The molecule has 0 aromatic heterocycles. The van der Waals surface area contributed by atoms with Crippen molar-refractivity contribution >= 4 is 11.8 Å². The van der Waals surface area contributed by atoms with Crippen LogP contribution in [-0.4, -0.2) is 23.0 Å². The average molecular weight is 260 g/mol. The van der Waals surface area contributed by atoms with E-state index < -0.39 is 12.0 Å². The van der Waals surface area contributed by atoms with Gasteiger partial charge in [-0.2, -0.15) is 0 Å². The highest BCUT2D eigenvalue weighted by Gasteiger charge is 2.50. The van der Waals surface area contributed by atoms with E-state index in [0.717, 1.165) is 5.57 Å². The summed E-state index contributed by atoms with van der Waals surface area (Å²) < 4.78 is 5.34. The molecule has 0 aromatic rings. The lowest BCUT2D eigenvalue weighted by atomic mass is 9.87. The zero-order chi connectivity index (χ0) is 13.9. The fourth-order valence-corrected chi connectivity index (χ4v) is 3.39. The number of aliphatic hydroxyl groups is 1. The molecule has 4 atom stereocenters. The Labute approximate surface area is 111 Å². The standard InChI is InChI=1S/C15H16O4/c1-6-4-11(17)13-8(3)15(18)19-14(13)12-7(2)10(16)5-9(6)12/h8-9,11-12,17H,1-2,4-5H2,3H3. The SMILES string of the molecule is C=C1CC(O)C2=C(OC(=O)C2C)C2C(=C)C(=O)CC12. The molecular weight excluding hydrogens is 244 g/mol. The van der Waals surface area contributed by atoms with Crippen LogP contribution < -0.4 is 0 Å². The lowest BCUT2D eigenvalue weighted by Gasteiger charge is -2.19. The zero-order valence-electron chi connectivity index (χ0n) is 10.8. The topological polar surface area (TPSA) is 63.6 Å². The molecule has 4 nitrogen and oxygen atoms in total. The molecule has 4 heteroatoms. The van der Waals surface area contributed by atoms with Gasteiger partial charge < -0.3 is 9.84 Å². The normalized spacial score (nSPS) is 38.2. The second kappa shape index (κ2) is 3.90. The van der Waals surface area contributed by atoms with Gasteiger partial charge in [-0.05, 0) is 18.9 Å². The highest BCUT2D eigenvalue weighted by molar-refractivity contribution is 5.99. The third kappa shape index (κ3) is 1.56. The van der Waals surface area contributed by atoms with Gasteiger partial charge in [0, 0.05) is 17.9 Å². The van der Waals surface area contributed by atoms with Gasteiger partial charge in [-0.15, -0.1) is 0 Å². The van der Waals surface area contributed by atoms with Gasteiger partial charge in [0.25, 0.3) is 0 Å². The molecule has 0 aromatic carbocycles. The number of carbonyl (C=O) groups is 2. The van der Waals surface area contributed by atoms with Crippen molar-refractivity contribution in [2.75, 3.05) is 0 Å². The molecule has 0 bridgehead atoms. The zero-order valence-corrected chi connectivity index (χ0v) is 10.8.